The van der Waals surface area contributed by atoms with Gasteiger partial charge in [-0.2, -0.15) is 0 Å². The van der Waals surface area contributed by atoms with E-state index in [0.29, 0.717) is 29.4 Å². The molecule has 27 heavy (non-hydrogen) atoms. The van der Waals surface area contributed by atoms with Crippen LogP contribution < -0.4 is 14.2 Å². The van der Waals surface area contributed by atoms with Gasteiger partial charge in [-0.1, -0.05) is 0 Å². The average Bonchev–Trinajstić information content (AvgIpc) is 3.31. The van der Waals surface area contributed by atoms with E-state index in [0.717, 1.165) is 22.3 Å². The average molecular weight is 366 g/mol. The normalized spacial score (nSPS) is 12.7. The van der Waals surface area contributed by atoms with Crippen molar-refractivity contribution in [2.24, 2.45) is 0 Å². The van der Waals surface area contributed by atoms with E-state index in [4.69, 9.17) is 23.4 Å². The van der Waals surface area contributed by atoms with Gasteiger partial charge in [0.25, 0.3) is 0 Å². The molecular formula is C21H18O6. The number of rotatable bonds is 5. The molecule has 0 spiro atoms. The molecule has 2 aromatic carbocycles. The van der Waals surface area contributed by atoms with Gasteiger partial charge in [0.1, 0.15) is 5.76 Å². The SMILES string of the molecule is CCOC(=O)/C=C/c1cc(OC)c2oc(-c3ccc4c(c3)OCO4)cc2c1. The summed E-state index contributed by atoms with van der Waals surface area (Å²) in [6.45, 7) is 2.33. The number of carbonyl (C=O) groups is 1. The van der Waals surface area contributed by atoms with Crippen molar-refractivity contribution in [2.75, 3.05) is 20.5 Å². The van der Waals surface area contributed by atoms with Gasteiger partial charge in [-0.3, -0.25) is 0 Å². The lowest BCUT2D eigenvalue weighted by Gasteiger charge is -2.03. The summed E-state index contributed by atoms with van der Waals surface area (Å²) in [6.07, 6.45) is 3.08. The topological polar surface area (TPSA) is 67.1 Å². The van der Waals surface area contributed by atoms with Crippen LogP contribution in [0.5, 0.6) is 17.2 Å². The minimum Gasteiger partial charge on any atom is -0.493 e. The van der Waals surface area contributed by atoms with Gasteiger partial charge in [-0.15, -0.1) is 0 Å². The highest BCUT2D eigenvalue weighted by atomic mass is 16.7. The lowest BCUT2D eigenvalue weighted by atomic mass is 10.1. The fourth-order valence-electron chi connectivity index (χ4n) is 2.94. The lowest BCUT2D eigenvalue weighted by Crippen LogP contribution is -1.98. The Morgan fingerprint density at radius 3 is 2.81 bits per heavy atom. The monoisotopic (exact) mass is 366 g/mol. The van der Waals surface area contributed by atoms with Crippen molar-refractivity contribution in [3.8, 4) is 28.6 Å². The van der Waals surface area contributed by atoms with E-state index in [-0.39, 0.29) is 12.8 Å². The Labute approximate surface area is 155 Å². The second kappa shape index (κ2) is 7.07. The predicted octanol–water partition coefficient (Wildman–Crippen LogP) is 4.41. The van der Waals surface area contributed by atoms with Crippen LogP contribution in [0.4, 0.5) is 0 Å². The number of fused-ring (bicyclic) bond motifs is 2. The predicted molar refractivity (Wildman–Crippen MR) is 100.0 cm³/mol. The Morgan fingerprint density at radius 2 is 2.00 bits per heavy atom. The van der Waals surface area contributed by atoms with Crippen LogP contribution in [0.2, 0.25) is 0 Å². The molecule has 2 heterocycles. The van der Waals surface area contributed by atoms with E-state index in [1.54, 1.807) is 20.1 Å². The molecule has 0 fully saturated rings. The molecule has 3 aromatic rings. The molecule has 0 N–H and O–H groups in total. The van der Waals surface area contributed by atoms with E-state index >= 15 is 0 Å². The minimum absolute atomic E-state index is 0.225. The zero-order valence-corrected chi connectivity index (χ0v) is 15.0. The number of methoxy groups -OCH3 is 1. The first-order chi connectivity index (χ1) is 13.2. The number of ether oxygens (including phenoxy) is 4. The van der Waals surface area contributed by atoms with Crippen LogP contribution in [-0.4, -0.2) is 26.5 Å². The number of hydrogen-bond acceptors (Lipinski definition) is 6. The Hall–Kier alpha value is -3.41. The van der Waals surface area contributed by atoms with Gasteiger partial charge >= 0.3 is 5.97 Å². The molecule has 0 aliphatic carbocycles. The quantitative estimate of drug-likeness (QED) is 0.492. The fraction of sp³-hybridized carbons (Fsp3) is 0.190. The van der Waals surface area contributed by atoms with Crippen molar-refractivity contribution in [1.29, 1.82) is 0 Å². The summed E-state index contributed by atoms with van der Waals surface area (Å²) in [5, 5.41) is 0.866. The summed E-state index contributed by atoms with van der Waals surface area (Å²) < 4.78 is 27.2. The second-order valence-electron chi connectivity index (χ2n) is 5.91. The molecule has 0 atom stereocenters. The molecule has 1 aliphatic rings. The largest absolute Gasteiger partial charge is 0.493 e. The summed E-state index contributed by atoms with van der Waals surface area (Å²) in [7, 11) is 1.58. The number of benzene rings is 2. The summed E-state index contributed by atoms with van der Waals surface area (Å²) in [5.74, 6) is 2.30. The van der Waals surface area contributed by atoms with E-state index in [1.807, 2.05) is 36.4 Å². The first kappa shape index (κ1) is 17.0. The third-order valence-electron chi connectivity index (χ3n) is 4.18. The summed E-state index contributed by atoms with van der Waals surface area (Å²) >= 11 is 0. The maximum Gasteiger partial charge on any atom is 0.330 e. The van der Waals surface area contributed by atoms with E-state index in [1.165, 1.54) is 6.08 Å². The highest BCUT2D eigenvalue weighted by Gasteiger charge is 2.17. The summed E-state index contributed by atoms with van der Waals surface area (Å²) in [5.41, 5.74) is 2.32. The van der Waals surface area contributed by atoms with Crippen LogP contribution in [0.3, 0.4) is 0 Å². The van der Waals surface area contributed by atoms with E-state index < -0.39 is 0 Å². The van der Waals surface area contributed by atoms with Crippen molar-refractivity contribution in [3.63, 3.8) is 0 Å². The smallest absolute Gasteiger partial charge is 0.330 e. The van der Waals surface area contributed by atoms with Crippen molar-refractivity contribution < 1.29 is 28.2 Å². The number of hydrogen-bond donors (Lipinski definition) is 0. The molecule has 0 saturated carbocycles. The van der Waals surface area contributed by atoms with Gasteiger partial charge in [-0.05, 0) is 55.0 Å². The molecule has 6 heteroatoms. The number of carbonyl (C=O) groups excluding carboxylic acids is 1. The van der Waals surface area contributed by atoms with Gasteiger partial charge in [0.2, 0.25) is 6.79 Å². The number of furan rings is 1. The van der Waals surface area contributed by atoms with Crippen molar-refractivity contribution in [1.82, 2.24) is 0 Å². The van der Waals surface area contributed by atoms with Crippen LogP contribution in [0, 0.1) is 0 Å². The van der Waals surface area contributed by atoms with Crippen LogP contribution in [-0.2, 0) is 9.53 Å². The zero-order valence-electron chi connectivity index (χ0n) is 15.0. The van der Waals surface area contributed by atoms with Gasteiger partial charge in [0.05, 0.1) is 13.7 Å². The third kappa shape index (κ3) is 3.33. The van der Waals surface area contributed by atoms with Crippen molar-refractivity contribution in [3.05, 3.63) is 48.0 Å². The van der Waals surface area contributed by atoms with E-state index in [2.05, 4.69) is 0 Å². The standard InChI is InChI=1S/C21H18O6/c1-3-24-20(22)7-4-13-8-15-11-17(27-21(15)19(9-13)23-2)14-5-6-16-18(10-14)26-12-25-16/h4-11H,3,12H2,1-2H3/b7-4+. The van der Waals surface area contributed by atoms with Gasteiger partial charge in [0, 0.05) is 17.0 Å². The summed E-state index contributed by atoms with van der Waals surface area (Å²) in [6, 6.07) is 11.3. The molecule has 0 amide bonds. The molecule has 0 unspecified atom stereocenters. The molecule has 0 radical (unpaired) electrons. The first-order valence-electron chi connectivity index (χ1n) is 8.54. The Bertz CT molecular complexity index is 1030. The van der Waals surface area contributed by atoms with Crippen molar-refractivity contribution in [2.45, 2.75) is 6.92 Å². The van der Waals surface area contributed by atoms with Crippen LogP contribution in [0.1, 0.15) is 12.5 Å². The summed E-state index contributed by atoms with van der Waals surface area (Å²) in [4.78, 5) is 11.5. The highest BCUT2D eigenvalue weighted by Crippen LogP contribution is 2.39. The Balaban J connectivity index is 1.72. The molecule has 6 nitrogen and oxygen atoms in total. The zero-order chi connectivity index (χ0) is 18.8. The Morgan fingerprint density at radius 1 is 1.15 bits per heavy atom. The molecular weight excluding hydrogens is 348 g/mol. The molecule has 4 rings (SSSR count). The first-order valence-corrected chi connectivity index (χ1v) is 8.54. The van der Waals surface area contributed by atoms with Crippen LogP contribution in [0.15, 0.2) is 46.9 Å². The van der Waals surface area contributed by atoms with Gasteiger partial charge in [0.15, 0.2) is 22.8 Å². The van der Waals surface area contributed by atoms with Gasteiger partial charge < -0.3 is 23.4 Å². The van der Waals surface area contributed by atoms with Gasteiger partial charge in [-0.25, -0.2) is 4.79 Å². The second-order valence-corrected chi connectivity index (χ2v) is 5.91. The third-order valence-corrected chi connectivity index (χ3v) is 4.18. The maximum atomic E-state index is 11.5. The van der Waals surface area contributed by atoms with Crippen molar-refractivity contribution >= 4 is 23.0 Å². The molecule has 138 valence electrons. The maximum absolute atomic E-state index is 11.5. The fourth-order valence-corrected chi connectivity index (χ4v) is 2.94. The highest BCUT2D eigenvalue weighted by molar-refractivity contribution is 5.92. The Kier molecular flexibility index (Phi) is 4.46. The molecule has 1 aromatic heterocycles. The van der Waals surface area contributed by atoms with E-state index in [9.17, 15) is 4.79 Å². The molecule has 1 aliphatic heterocycles. The lowest BCUT2D eigenvalue weighted by molar-refractivity contribution is -0.137. The molecule has 0 saturated heterocycles. The minimum atomic E-state index is -0.384. The number of esters is 1. The van der Waals surface area contributed by atoms with Crippen LogP contribution >= 0.6 is 0 Å². The molecule has 0 bridgehead atoms. The van der Waals surface area contributed by atoms with Crippen LogP contribution in [0.25, 0.3) is 28.4 Å².